The Morgan fingerprint density at radius 3 is 2.84 bits per heavy atom. The van der Waals surface area contributed by atoms with E-state index in [1.807, 2.05) is 16.8 Å². The second-order valence-electron chi connectivity index (χ2n) is 4.76. The van der Waals surface area contributed by atoms with Gasteiger partial charge in [-0.05, 0) is 42.0 Å². The number of unbranched alkanes of at least 4 members (excludes halogenated alkanes) is 1. The molecule has 1 heterocycles. The largest absolute Gasteiger partial charge is 0.464 e. The Morgan fingerprint density at radius 2 is 2.11 bits per heavy atom. The number of benzene rings is 1. The number of rotatable bonds is 6. The lowest BCUT2D eigenvalue weighted by Gasteiger charge is -2.06. The summed E-state index contributed by atoms with van der Waals surface area (Å²) >= 11 is 0. The van der Waals surface area contributed by atoms with Crippen molar-refractivity contribution in [3.63, 3.8) is 0 Å². The maximum atomic E-state index is 11.7. The van der Waals surface area contributed by atoms with Gasteiger partial charge in [-0.1, -0.05) is 26.3 Å². The highest BCUT2D eigenvalue weighted by Crippen LogP contribution is 2.18. The molecule has 0 saturated heterocycles. The van der Waals surface area contributed by atoms with E-state index in [4.69, 9.17) is 4.74 Å². The quantitative estimate of drug-likeness (QED) is 0.587. The van der Waals surface area contributed by atoms with Crippen molar-refractivity contribution in [3.05, 3.63) is 36.0 Å². The van der Waals surface area contributed by atoms with E-state index < -0.39 is 0 Å². The Bertz CT molecular complexity index is 557. The van der Waals surface area contributed by atoms with E-state index in [9.17, 15) is 4.79 Å². The third-order valence-electron chi connectivity index (χ3n) is 3.30. The topological polar surface area (TPSA) is 31.2 Å². The van der Waals surface area contributed by atoms with Gasteiger partial charge in [0.05, 0.1) is 6.61 Å². The van der Waals surface area contributed by atoms with Crippen molar-refractivity contribution >= 4 is 16.9 Å². The predicted molar refractivity (Wildman–Crippen MR) is 77.2 cm³/mol. The Kier molecular flexibility index (Phi) is 4.61. The van der Waals surface area contributed by atoms with E-state index in [2.05, 4.69) is 32.0 Å². The van der Waals surface area contributed by atoms with Gasteiger partial charge in [0.25, 0.3) is 0 Å². The molecule has 0 unspecified atom stereocenters. The molecule has 3 nitrogen and oxygen atoms in total. The number of nitrogens with zero attached hydrogens (tertiary/aromatic N) is 1. The molecule has 1 aromatic carbocycles. The van der Waals surface area contributed by atoms with E-state index in [1.54, 1.807) is 0 Å². The van der Waals surface area contributed by atoms with Gasteiger partial charge >= 0.3 is 5.97 Å². The Labute approximate surface area is 114 Å². The van der Waals surface area contributed by atoms with Crippen molar-refractivity contribution in [2.75, 3.05) is 6.61 Å². The molecule has 0 radical (unpaired) electrons. The number of hydrogen-bond donors (Lipinski definition) is 0. The van der Waals surface area contributed by atoms with Crippen molar-refractivity contribution in [1.29, 1.82) is 0 Å². The summed E-state index contributed by atoms with van der Waals surface area (Å²) in [5.41, 5.74) is 2.40. The molecule has 102 valence electrons. The summed E-state index contributed by atoms with van der Waals surface area (Å²) in [7, 11) is 0. The lowest BCUT2D eigenvalue weighted by atomic mass is 10.1. The highest BCUT2D eigenvalue weighted by atomic mass is 16.5. The van der Waals surface area contributed by atoms with Crippen LogP contribution in [0.15, 0.2) is 30.5 Å². The molecule has 0 aliphatic carbocycles. The van der Waals surface area contributed by atoms with Crippen LogP contribution in [0.5, 0.6) is 0 Å². The highest BCUT2D eigenvalue weighted by Gasteiger charge is 2.07. The molecular formula is C16H21NO2. The monoisotopic (exact) mass is 259 g/mol. The molecule has 2 aromatic rings. The summed E-state index contributed by atoms with van der Waals surface area (Å²) in [4.78, 5) is 11.7. The molecule has 0 aliphatic rings. The van der Waals surface area contributed by atoms with Gasteiger partial charge < -0.3 is 9.30 Å². The molecule has 0 amide bonds. The zero-order chi connectivity index (χ0) is 13.7. The Balaban J connectivity index is 2.06. The van der Waals surface area contributed by atoms with Gasteiger partial charge in [-0.3, -0.25) is 4.79 Å². The fraction of sp³-hybridized carbons (Fsp3) is 0.438. The van der Waals surface area contributed by atoms with E-state index in [1.165, 1.54) is 10.9 Å². The zero-order valence-corrected chi connectivity index (χ0v) is 11.7. The molecule has 0 bridgehead atoms. The zero-order valence-electron chi connectivity index (χ0n) is 11.7. The summed E-state index contributed by atoms with van der Waals surface area (Å²) in [6.45, 7) is 5.04. The molecule has 0 fully saturated rings. The van der Waals surface area contributed by atoms with Crippen LogP contribution in [0.2, 0.25) is 0 Å². The van der Waals surface area contributed by atoms with Crippen LogP contribution in [-0.4, -0.2) is 17.1 Å². The van der Waals surface area contributed by atoms with Crippen molar-refractivity contribution in [2.24, 2.45) is 0 Å². The molecule has 3 heteroatoms. The second-order valence-corrected chi connectivity index (χ2v) is 4.76. The third-order valence-corrected chi connectivity index (χ3v) is 3.30. The summed E-state index contributed by atoms with van der Waals surface area (Å²) in [5.74, 6) is -0.162. The fourth-order valence-corrected chi connectivity index (χ4v) is 2.12. The molecule has 0 saturated carbocycles. The van der Waals surface area contributed by atoms with Crippen molar-refractivity contribution < 1.29 is 9.53 Å². The smallest absolute Gasteiger partial charge is 0.325 e. The van der Waals surface area contributed by atoms with Crippen LogP contribution in [0, 0.1) is 0 Å². The van der Waals surface area contributed by atoms with E-state index in [0.717, 1.165) is 24.8 Å². The summed E-state index contributed by atoms with van der Waals surface area (Å²) in [5, 5.41) is 1.18. The highest BCUT2D eigenvalue weighted by molar-refractivity contribution is 5.82. The van der Waals surface area contributed by atoms with Crippen molar-refractivity contribution in [2.45, 2.75) is 39.7 Å². The number of carbonyl (C=O) groups is 1. The predicted octanol–water partition coefficient (Wildman–Crippen LogP) is 3.55. The number of hydrogen-bond acceptors (Lipinski definition) is 2. The van der Waals surface area contributed by atoms with E-state index in [-0.39, 0.29) is 5.97 Å². The van der Waals surface area contributed by atoms with Crippen molar-refractivity contribution in [3.8, 4) is 0 Å². The molecule has 0 atom stereocenters. The van der Waals surface area contributed by atoms with Crippen LogP contribution >= 0.6 is 0 Å². The molecule has 19 heavy (non-hydrogen) atoms. The van der Waals surface area contributed by atoms with Gasteiger partial charge in [-0.2, -0.15) is 0 Å². The van der Waals surface area contributed by atoms with Crippen LogP contribution in [-0.2, 0) is 22.5 Å². The molecule has 0 N–H and O–H groups in total. The first-order valence-corrected chi connectivity index (χ1v) is 6.98. The maximum absolute atomic E-state index is 11.7. The summed E-state index contributed by atoms with van der Waals surface area (Å²) in [6, 6.07) is 8.41. The summed E-state index contributed by atoms with van der Waals surface area (Å²) < 4.78 is 7.14. The number of aromatic nitrogens is 1. The molecule has 0 spiro atoms. The fourth-order valence-electron chi connectivity index (χ4n) is 2.12. The maximum Gasteiger partial charge on any atom is 0.325 e. The van der Waals surface area contributed by atoms with Crippen LogP contribution in [0.4, 0.5) is 0 Å². The van der Waals surface area contributed by atoms with Crippen LogP contribution < -0.4 is 0 Å². The van der Waals surface area contributed by atoms with Gasteiger partial charge in [-0.25, -0.2) is 0 Å². The van der Waals surface area contributed by atoms with E-state index in [0.29, 0.717) is 13.2 Å². The van der Waals surface area contributed by atoms with Gasteiger partial charge in [0.2, 0.25) is 0 Å². The minimum atomic E-state index is -0.162. The average molecular weight is 259 g/mol. The van der Waals surface area contributed by atoms with Crippen LogP contribution in [0.1, 0.15) is 32.3 Å². The Hall–Kier alpha value is -1.77. The molecular weight excluding hydrogens is 238 g/mol. The molecule has 0 aliphatic heterocycles. The van der Waals surface area contributed by atoms with Crippen molar-refractivity contribution in [1.82, 2.24) is 4.57 Å². The molecule has 2 rings (SSSR count). The number of aryl methyl sites for hydroxylation is 1. The van der Waals surface area contributed by atoms with E-state index >= 15 is 0 Å². The molecule has 1 aromatic heterocycles. The lowest BCUT2D eigenvalue weighted by Crippen LogP contribution is -2.13. The third kappa shape index (κ3) is 3.37. The first kappa shape index (κ1) is 13.7. The number of ether oxygens (including phenoxy) is 1. The van der Waals surface area contributed by atoms with Crippen LogP contribution in [0.3, 0.4) is 0 Å². The Morgan fingerprint density at radius 1 is 1.26 bits per heavy atom. The van der Waals surface area contributed by atoms with Gasteiger partial charge in [0.1, 0.15) is 6.54 Å². The standard InChI is InChI=1S/C16H21NO2/c1-3-5-10-19-16(18)12-17-9-8-14-11-13(4-2)6-7-15(14)17/h6-9,11H,3-5,10,12H2,1-2H3. The SMILES string of the molecule is CCCCOC(=O)Cn1ccc2cc(CC)ccc21. The normalized spacial score (nSPS) is 10.8. The summed E-state index contributed by atoms with van der Waals surface area (Å²) in [6.07, 6.45) is 4.95. The van der Waals surface area contributed by atoms with Gasteiger partial charge in [0.15, 0.2) is 0 Å². The first-order valence-electron chi connectivity index (χ1n) is 6.98. The average Bonchev–Trinajstić information content (AvgIpc) is 2.81. The van der Waals surface area contributed by atoms with Crippen LogP contribution in [0.25, 0.3) is 10.9 Å². The van der Waals surface area contributed by atoms with Gasteiger partial charge in [0, 0.05) is 11.7 Å². The van der Waals surface area contributed by atoms with Gasteiger partial charge in [-0.15, -0.1) is 0 Å². The number of esters is 1. The number of fused-ring (bicyclic) bond motifs is 1. The first-order chi connectivity index (χ1) is 9.24. The second kappa shape index (κ2) is 6.41. The number of carbonyl (C=O) groups excluding carboxylic acids is 1. The lowest BCUT2D eigenvalue weighted by molar-refractivity contribution is -0.144. The minimum Gasteiger partial charge on any atom is -0.464 e. The minimum absolute atomic E-state index is 0.162.